The second-order valence-corrected chi connectivity index (χ2v) is 10.9. The number of ether oxygens (including phenoxy) is 2. The summed E-state index contributed by atoms with van der Waals surface area (Å²) in [6, 6.07) is 7.44. The Hall–Kier alpha value is -2.05. The van der Waals surface area contributed by atoms with Crippen molar-refractivity contribution in [2.45, 2.75) is 72.0 Å². The van der Waals surface area contributed by atoms with Gasteiger partial charge in [0.05, 0.1) is 36.4 Å². The SMILES string of the molecule is COCCOCCn1c2c(C)cc(C(C)(C)C)cc2c2cc(C(C)(C)C)cc(C(F)(F)F)c21. The summed E-state index contributed by atoms with van der Waals surface area (Å²) in [6.07, 6.45) is -4.47. The molecule has 6 heteroatoms. The molecule has 1 heterocycles. The average molecular weight is 464 g/mol. The Bertz CT molecular complexity index is 1150. The van der Waals surface area contributed by atoms with Gasteiger partial charge in [0.2, 0.25) is 0 Å². The molecule has 2 aromatic carbocycles. The first-order valence-corrected chi connectivity index (χ1v) is 11.4. The summed E-state index contributed by atoms with van der Waals surface area (Å²) in [5, 5.41) is 1.51. The number of alkyl halides is 3. The van der Waals surface area contributed by atoms with Gasteiger partial charge in [-0.05, 0) is 52.6 Å². The molecule has 0 aliphatic rings. The number of hydrogen-bond acceptors (Lipinski definition) is 2. The molecular weight excluding hydrogens is 427 g/mol. The summed E-state index contributed by atoms with van der Waals surface area (Å²) in [5.74, 6) is 0. The molecule has 3 nitrogen and oxygen atoms in total. The minimum atomic E-state index is -4.47. The maximum Gasteiger partial charge on any atom is 0.418 e. The lowest BCUT2D eigenvalue weighted by molar-refractivity contribution is -0.136. The fraction of sp³-hybridized carbons (Fsp3) is 0.556. The van der Waals surface area contributed by atoms with Gasteiger partial charge in [-0.1, -0.05) is 47.6 Å². The Labute approximate surface area is 194 Å². The van der Waals surface area contributed by atoms with E-state index in [4.69, 9.17) is 9.47 Å². The highest BCUT2D eigenvalue weighted by Crippen LogP contribution is 2.43. The normalized spacial score (nSPS) is 13.4. The van der Waals surface area contributed by atoms with Crippen molar-refractivity contribution in [1.29, 1.82) is 0 Å². The largest absolute Gasteiger partial charge is 0.418 e. The first-order valence-electron chi connectivity index (χ1n) is 11.4. The number of nitrogens with zero attached hydrogens (tertiary/aromatic N) is 1. The van der Waals surface area contributed by atoms with Crippen molar-refractivity contribution in [2.24, 2.45) is 0 Å². The molecular formula is C27H36F3NO2. The standard InChI is InChI=1S/C27H36F3NO2/c1-17-13-18(25(2,3)4)14-20-21-15-19(26(5,6)7)16-22(27(28,29)30)24(21)31(23(17)20)9-10-33-12-11-32-8/h13-16H,9-12H2,1-8H3. The van der Waals surface area contributed by atoms with Crippen LogP contribution in [0.2, 0.25) is 0 Å². The Morgan fingerprint density at radius 1 is 0.758 bits per heavy atom. The quantitative estimate of drug-likeness (QED) is 0.356. The van der Waals surface area contributed by atoms with Crippen molar-refractivity contribution in [1.82, 2.24) is 4.57 Å². The fourth-order valence-corrected chi connectivity index (χ4v) is 4.29. The van der Waals surface area contributed by atoms with Crippen LogP contribution >= 0.6 is 0 Å². The molecule has 0 aliphatic heterocycles. The third-order valence-electron chi connectivity index (χ3n) is 6.17. The van der Waals surface area contributed by atoms with Crippen LogP contribution in [0.5, 0.6) is 0 Å². The van der Waals surface area contributed by atoms with Crippen LogP contribution in [0, 0.1) is 6.92 Å². The molecule has 33 heavy (non-hydrogen) atoms. The van der Waals surface area contributed by atoms with Crippen LogP contribution in [-0.2, 0) is 33.0 Å². The molecule has 3 aromatic rings. The van der Waals surface area contributed by atoms with Crippen LogP contribution in [0.3, 0.4) is 0 Å². The zero-order valence-electron chi connectivity index (χ0n) is 21.0. The monoisotopic (exact) mass is 463 g/mol. The maximum atomic E-state index is 14.4. The van der Waals surface area contributed by atoms with Gasteiger partial charge in [-0.2, -0.15) is 13.2 Å². The summed E-state index contributed by atoms with van der Waals surface area (Å²) in [5.41, 5.74) is 2.70. The van der Waals surface area contributed by atoms with Gasteiger partial charge in [-0.3, -0.25) is 0 Å². The van der Waals surface area contributed by atoms with Crippen molar-refractivity contribution < 1.29 is 22.6 Å². The Morgan fingerprint density at radius 3 is 1.82 bits per heavy atom. The number of aryl methyl sites for hydroxylation is 1. The maximum absolute atomic E-state index is 14.4. The average Bonchev–Trinajstić information content (AvgIpc) is 2.99. The van der Waals surface area contributed by atoms with E-state index in [1.807, 2.05) is 33.8 Å². The molecule has 0 radical (unpaired) electrons. The Morgan fingerprint density at radius 2 is 1.30 bits per heavy atom. The summed E-state index contributed by atoms with van der Waals surface area (Å²) in [7, 11) is 1.59. The topological polar surface area (TPSA) is 23.4 Å². The summed E-state index contributed by atoms with van der Waals surface area (Å²) in [6.45, 7) is 15.7. The summed E-state index contributed by atoms with van der Waals surface area (Å²) >= 11 is 0. The van der Waals surface area contributed by atoms with Crippen LogP contribution in [0.25, 0.3) is 21.8 Å². The van der Waals surface area contributed by atoms with E-state index in [1.165, 1.54) is 6.07 Å². The lowest BCUT2D eigenvalue weighted by atomic mass is 9.83. The highest BCUT2D eigenvalue weighted by atomic mass is 19.4. The predicted molar refractivity (Wildman–Crippen MR) is 129 cm³/mol. The number of methoxy groups -OCH3 is 1. The van der Waals surface area contributed by atoms with E-state index in [2.05, 4.69) is 32.9 Å². The van der Waals surface area contributed by atoms with Gasteiger partial charge in [-0.15, -0.1) is 0 Å². The van der Waals surface area contributed by atoms with Crippen molar-refractivity contribution in [3.05, 3.63) is 46.5 Å². The van der Waals surface area contributed by atoms with Crippen molar-refractivity contribution in [3.63, 3.8) is 0 Å². The second kappa shape index (κ2) is 8.95. The molecule has 0 amide bonds. The van der Waals surface area contributed by atoms with Gasteiger partial charge in [-0.25, -0.2) is 0 Å². The Balaban J connectivity index is 2.40. The lowest BCUT2D eigenvalue weighted by Crippen LogP contribution is -2.16. The predicted octanol–water partition coefficient (Wildman–Crippen LogP) is 7.38. The molecule has 0 aliphatic carbocycles. The molecule has 0 spiro atoms. The number of aromatic nitrogens is 1. The third-order valence-corrected chi connectivity index (χ3v) is 6.17. The van der Waals surface area contributed by atoms with Crippen LogP contribution in [0.15, 0.2) is 24.3 Å². The van der Waals surface area contributed by atoms with Crippen LogP contribution in [-0.4, -0.2) is 31.5 Å². The van der Waals surface area contributed by atoms with Gasteiger partial charge in [0.15, 0.2) is 0 Å². The van der Waals surface area contributed by atoms with Crippen molar-refractivity contribution in [3.8, 4) is 0 Å². The van der Waals surface area contributed by atoms with Crippen LogP contribution in [0.1, 0.15) is 63.8 Å². The molecule has 0 saturated carbocycles. The zero-order chi connectivity index (χ0) is 24.8. The molecule has 0 bridgehead atoms. The van der Waals surface area contributed by atoms with E-state index >= 15 is 0 Å². The van der Waals surface area contributed by atoms with Crippen LogP contribution in [0.4, 0.5) is 13.2 Å². The number of hydrogen-bond donors (Lipinski definition) is 0. The fourth-order valence-electron chi connectivity index (χ4n) is 4.29. The number of benzene rings is 2. The first kappa shape index (κ1) is 25.6. The van der Waals surface area contributed by atoms with Crippen molar-refractivity contribution >= 4 is 21.8 Å². The third kappa shape index (κ3) is 5.22. The molecule has 0 N–H and O–H groups in total. The van der Waals surface area contributed by atoms with E-state index < -0.39 is 17.2 Å². The lowest BCUT2D eigenvalue weighted by Gasteiger charge is -2.22. The number of rotatable bonds is 6. The van der Waals surface area contributed by atoms with Crippen LogP contribution < -0.4 is 0 Å². The molecule has 0 fully saturated rings. The first-order chi connectivity index (χ1) is 15.2. The van der Waals surface area contributed by atoms with Crippen molar-refractivity contribution in [2.75, 3.05) is 26.9 Å². The number of fused-ring (bicyclic) bond motifs is 3. The van der Waals surface area contributed by atoms with E-state index in [-0.39, 0.29) is 10.9 Å². The molecule has 3 rings (SSSR count). The highest BCUT2D eigenvalue weighted by molar-refractivity contribution is 6.11. The van der Waals surface area contributed by atoms with Gasteiger partial charge >= 0.3 is 6.18 Å². The number of halogens is 3. The minimum Gasteiger partial charge on any atom is -0.382 e. The zero-order valence-corrected chi connectivity index (χ0v) is 21.0. The summed E-state index contributed by atoms with van der Waals surface area (Å²) < 4.78 is 55.6. The Kier molecular flexibility index (Phi) is 6.94. The van der Waals surface area contributed by atoms with E-state index in [9.17, 15) is 13.2 Å². The molecule has 0 saturated heterocycles. The van der Waals surface area contributed by atoms with E-state index in [0.717, 1.165) is 22.0 Å². The summed E-state index contributed by atoms with van der Waals surface area (Å²) in [4.78, 5) is 0. The van der Waals surface area contributed by atoms with Gasteiger partial charge in [0.25, 0.3) is 0 Å². The van der Waals surface area contributed by atoms with E-state index in [0.29, 0.717) is 37.3 Å². The van der Waals surface area contributed by atoms with Gasteiger partial charge in [0, 0.05) is 24.4 Å². The highest BCUT2D eigenvalue weighted by Gasteiger charge is 2.36. The molecule has 1 aromatic heterocycles. The smallest absolute Gasteiger partial charge is 0.382 e. The molecule has 0 atom stereocenters. The van der Waals surface area contributed by atoms with Gasteiger partial charge in [0.1, 0.15) is 0 Å². The molecule has 0 unspecified atom stereocenters. The van der Waals surface area contributed by atoms with E-state index in [1.54, 1.807) is 11.7 Å². The van der Waals surface area contributed by atoms with Gasteiger partial charge < -0.3 is 14.0 Å². The minimum absolute atomic E-state index is 0.120. The molecule has 182 valence electrons. The second-order valence-electron chi connectivity index (χ2n) is 10.9.